The van der Waals surface area contributed by atoms with Gasteiger partial charge in [0.25, 0.3) is 5.91 Å². The van der Waals surface area contributed by atoms with Crippen molar-refractivity contribution < 1.29 is 13.9 Å². The third kappa shape index (κ3) is 3.77. The minimum atomic E-state index is -0.765. The maximum Gasteiger partial charge on any atom is 0.251 e. The lowest BCUT2D eigenvalue weighted by Crippen LogP contribution is -2.15. The Bertz CT molecular complexity index is 755. The standard InChI is InChI=1S/C17H14Cl2FNO2/c18-11-4-12(19)6-13(5-11)23-8-10-3-16(20)15(17(21)22)7-14(10)9-1-2-9/h3-7,9H,1-2,8H2,(H2,21,22). The fourth-order valence-corrected chi connectivity index (χ4v) is 3.00. The molecule has 120 valence electrons. The number of rotatable bonds is 5. The van der Waals surface area contributed by atoms with Crippen LogP contribution in [-0.2, 0) is 6.61 Å². The summed E-state index contributed by atoms with van der Waals surface area (Å²) >= 11 is 11.9. The third-order valence-electron chi connectivity index (χ3n) is 3.74. The number of hydrogen-bond acceptors (Lipinski definition) is 2. The Morgan fingerprint density at radius 3 is 2.39 bits per heavy atom. The molecule has 1 fully saturated rings. The molecule has 1 saturated carbocycles. The summed E-state index contributed by atoms with van der Waals surface area (Å²) in [5.41, 5.74) is 6.74. The average Bonchev–Trinajstić information content (AvgIpc) is 3.28. The van der Waals surface area contributed by atoms with Crippen LogP contribution in [0.25, 0.3) is 0 Å². The van der Waals surface area contributed by atoms with Crippen LogP contribution in [0.15, 0.2) is 30.3 Å². The molecule has 2 aromatic carbocycles. The molecule has 23 heavy (non-hydrogen) atoms. The van der Waals surface area contributed by atoms with Crippen molar-refractivity contribution in [2.75, 3.05) is 0 Å². The van der Waals surface area contributed by atoms with E-state index in [0.29, 0.717) is 27.3 Å². The molecule has 1 amide bonds. The molecule has 0 unspecified atom stereocenters. The van der Waals surface area contributed by atoms with Crippen molar-refractivity contribution in [2.24, 2.45) is 5.73 Å². The maximum absolute atomic E-state index is 14.0. The first-order chi connectivity index (χ1) is 10.9. The Kier molecular flexibility index (Phi) is 4.46. The summed E-state index contributed by atoms with van der Waals surface area (Å²) in [5.74, 6) is -0.568. The van der Waals surface area contributed by atoms with E-state index in [1.165, 1.54) is 6.07 Å². The van der Waals surface area contributed by atoms with Gasteiger partial charge in [-0.2, -0.15) is 0 Å². The predicted molar refractivity (Wildman–Crippen MR) is 87.7 cm³/mol. The first-order valence-corrected chi connectivity index (χ1v) is 7.90. The number of ether oxygens (including phenoxy) is 1. The summed E-state index contributed by atoms with van der Waals surface area (Å²) in [6.07, 6.45) is 2.03. The van der Waals surface area contributed by atoms with Gasteiger partial charge in [-0.05, 0) is 60.2 Å². The fourth-order valence-electron chi connectivity index (χ4n) is 2.49. The average molecular weight is 354 g/mol. The largest absolute Gasteiger partial charge is 0.489 e. The van der Waals surface area contributed by atoms with Gasteiger partial charge in [-0.15, -0.1) is 0 Å². The highest BCUT2D eigenvalue weighted by molar-refractivity contribution is 6.34. The number of carbonyl (C=O) groups is 1. The van der Waals surface area contributed by atoms with Gasteiger partial charge in [0.15, 0.2) is 0 Å². The van der Waals surface area contributed by atoms with E-state index < -0.39 is 11.7 Å². The Hall–Kier alpha value is -1.78. The monoisotopic (exact) mass is 353 g/mol. The van der Waals surface area contributed by atoms with Gasteiger partial charge >= 0.3 is 0 Å². The summed E-state index contributed by atoms with van der Waals surface area (Å²) in [5, 5.41) is 0.926. The minimum absolute atomic E-state index is 0.0820. The van der Waals surface area contributed by atoms with E-state index in [1.54, 1.807) is 24.3 Å². The maximum atomic E-state index is 14.0. The van der Waals surface area contributed by atoms with Crippen LogP contribution in [0.3, 0.4) is 0 Å². The second-order valence-corrected chi connectivity index (χ2v) is 6.44. The smallest absolute Gasteiger partial charge is 0.251 e. The van der Waals surface area contributed by atoms with Gasteiger partial charge in [0, 0.05) is 10.0 Å². The van der Waals surface area contributed by atoms with Gasteiger partial charge in [0.2, 0.25) is 0 Å². The first-order valence-electron chi connectivity index (χ1n) is 7.15. The number of carbonyl (C=O) groups excluding carboxylic acids is 1. The van der Waals surface area contributed by atoms with E-state index in [0.717, 1.165) is 18.4 Å². The molecule has 0 heterocycles. The first kappa shape index (κ1) is 16.1. The number of primary amides is 1. The van der Waals surface area contributed by atoms with Gasteiger partial charge in [-0.25, -0.2) is 4.39 Å². The van der Waals surface area contributed by atoms with E-state index in [9.17, 15) is 9.18 Å². The molecular formula is C17H14Cl2FNO2. The zero-order chi connectivity index (χ0) is 16.6. The lowest BCUT2D eigenvalue weighted by atomic mass is 9.99. The molecule has 0 atom stereocenters. The topological polar surface area (TPSA) is 52.3 Å². The summed E-state index contributed by atoms with van der Waals surface area (Å²) < 4.78 is 19.7. The molecule has 0 spiro atoms. The molecule has 0 aliphatic heterocycles. The second kappa shape index (κ2) is 6.38. The quantitative estimate of drug-likeness (QED) is 0.847. The van der Waals surface area contributed by atoms with E-state index in [2.05, 4.69) is 0 Å². The van der Waals surface area contributed by atoms with Crippen LogP contribution in [0.1, 0.15) is 40.2 Å². The predicted octanol–water partition coefficient (Wildman–Crippen LogP) is 4.69. The van der Waals surface area contributed by atoms with Gasteiger partial charge in [-0.3, -0.25) is 4.79 Å². The highest BCUT2D eigenvalue weighted by atomic mass is 35.5. The SMILES string of the molecule is NC(=O)c1cc(C2CC2)c(COc2cc(Cl)cc(Cl)c2)cc1F. The number of nitrogens with two attached hydrogens (primary N) is 1. The molecule has 1 aliphatic carbocycles. The molecule has 3 rings (SSSR count). The molecule has 2 aromatic rings. The summed E-state index contributed by atoms with van der Waals surface area (Å²) in [6.45, 7) is 0.165. The number of hydrogen-bond donors (Lipinski definition) is 1. The molecule has 0 aromatic heterocycles. The number of amides is 1. The molecular weight excluding hydrogens is 340 g/mol. The van der Waals surface area contributed by atoms with Crippen molar-refractivity contribution in [3.05, 3.63) is 62.9 Å². The summed E-state index contributed by atoms with van der Waals surface area (Å²) in [6, 6.07) is 7.74. The number of benzene rings is 2. The van der Waals surface area contributed by atoms with Crippen LogP contribution in [0.5, 0.6) is 5.75 Å². The lowest BCUT2D eigenvalue weighted by Gasteiger charge is -2.13. The van der Waals surface area contributed by atoms with Crippen LogP contribution in [-0.4, -0.2) is 5.91 Å². The van der Waals surface area contributed by atoms with Crippen molar-refractivity contribution in [3.8, 4) is 5.75 Å². The summed E-state index contributed by atoms with van der Waals surface area (Å²) in [4.78, 5) is 11.3. The fraction of sp³-hybridized carbons (Fsp3) is 0.235. The van der Waals surface area contributed by atoms with Gasteiger partial charge in [-0.1, -0.05) is 23.2 Å². The zero-order valence-corrected chi connectivity index (χ0v) is 13.6. The van der Waals surface area contributed by atoms with E-state index in [-0.39, 0.29) is 12.2 Å². The van der Waals surface area contributed by atoms with Gasteiger partial charge < -0.3 is 10.5 Å². The number of halogens is 3. The highest BCUT2D eigenvalue weighted by Crippen LogP contribution is 2.42. The Balaban J connectivity index is 1.87. The molecule has 2 N–H and O–H groups in total. The molecule has 3 nitrogen and oxygen atoms in total. The Labute approximate surface area is 143 Å². The third-order valence-corrected chi connectivity index (χ3v) is 4.18. The van der Waals surface area contributed by atoms with Crippen LogP contribution in [0.4, 0.5) is 4.39 Å². The molecule has 0 bridgehead atoms. The normalized spacial score (nSPS) is 13.9. The van der Waals surface area contributed by atoms with Crippen molar-refractivity contribution in [1.82, 2.24) is 0 Å². The molecule has 0 radical (unpaired) electrons. The van der Waals surface area contributed by atoms with Crippen molar-refractivity contribution in [3.63, 3.8) is 0 Å². The highest BCUT2D eigenvalue weighted by Gasteiger charge is 2.28. The van der Waals surface area contributed by atoms with Crippen LogP contribution in [0, 0.1) is 5.82 Å². The summed E-state index contributed by atoms with van der Waals surface area (Å²) in [7, 11) is 0. The van der Waals surface area contributed by atoms with E-state index >= 15 is 0 Å². The van der Waals surface area contributed by atoms with Crippen molar-refractivity contribution in [1.29, 1.82) is 0 Å². The zero-order valence-electron chi connectivity index (χ0n) is 12.1. The van der Waals surface area contributed by atoms with Crippen LogP contribution < -0.4 is 10.5 Å². The van der Waals surface area contributed by atoms with Crippen LogP contribution in [0.2, 0.25) is 10.0 Å². The lowest BCUT2D eigenvalue weighted by molar-refractivity contribution is 0.0996. The Morgan fingerprint density at radius 1 is 1.17 bits per heavy atom. The molecule has 0 saturated heterocycles. The molecule has 6 heteroatoms. The van der Waals surface area contributed by atoms with E-state index in [1.807, 2.05) is 0 Å². The van der Waals surface area contributed by atoms with Gasteiger partial charge in [0.1, 0.15) is 18.2 Å². The van der Waals surface area contributed by atoms with Crippen molar-refractivity contribution in [2.45, 2.75) is 25.4 Å². The molecule has 1 aliphatic rings. The van der Waals surface area contributed by atoms with E-state index in [4.69, 9.17) is 33.7 Å². The Morgan fingerprint density at radius 2 is 1.83 bits per heavy atom. The van der Waals surface area contributed by atoms with Crippen LogP contribution >= 0.6 is 23.2 Å². The van der Waals surface area contributed by atoms with Crippen molar-refractivity contribution >= 4 is 29.1 Å². The van der Waals surface area contributed by atoms with Gasteiger partial charge in [0.05, 0.1) is 5.56 Å². The minimum Gasteiger partial charge on any atom is -0.489 e. The second-order valence-electron chi connectivity index (χ2n) is 5.56.